The van der Waals surface area contributed by atoms with Crippen LogP contribution in [0.4, 0.5) is 0 Å². The van der Waals surface area contributed by atoms with Crippen molar-refractivity contribution in [2.45, 2.75) is 40.7 Å². The van der Waals surface area contributed by atoms with E-state index < -0.39 is 0 Å². The monoisotopic (exact) mass is 311 g/mol. The first kappa shape index (κ1) is 17.3. The molecule has 0 unspecified atom stereocenters. The molecule has 2 aromatic carbocycles. The highest BCUT2D eigenvalue weighted by molar-refractivity contribution is 5.77. The number of carbonyl (C=O) groups is 1. The minimum atomic E-state index is 0. The first-order valence-corrected chi connectivity index (χ1v) is 8.41. The van der Waals surface area contributed by atoms with Crippen molar-refractivity contribution in [3.05, 3.63) is 59.7 Å². The number of amides is 1. The number of nitrogens with one attached hydrogen (secondary N) is 1. The average Bonchev–Trinajstić information content (AvgIpc) is 2.53. The summed E-state index contributed by atoms with van der Waals surface area (Å²) < 4.78 is 0. The van der Waals surface area contributed by atoms with E-state index in [0.29, 0.717) is 12.5 Å². The van der Waals surface area contributed by atoms with Gasteiger partial charge >= 0.3 is 0 Å². The predicted octanol–water partition coefficient (Wildman–Crippen LogP) is 5.07. The maximum atomic E-state index is 11.6. The second-order valence-corrected chi connectivity index (χ2v) is 6.86. The van der Waals surface area contributed by atoms with Gasteiger partial charge in [-0.3, -0.25) is 4.79 Å². The first-order valence-electron chi connectivity index (χ1n) is 8.41. The highest BCUT2D eigenvalue weighted by Gasteiger charge is 2.06. The Morgan fingerprint density at radius 3 is 1.78 bits per heavy atom. The molecule has 0 atom stereocenters. The molecule has 124 valence electrons. The Morgan fingerprint density at radius 2 is 1.35 bits per heavy atom. The number of hydrogen-bond donors (Lipinski definition) is 1. The number of carbonyl (C=O) groups excluding carboxylic acids is 1. The summed E-state index contributed by atoms with van der Waals surface area (Å²) >= 11 is 0. The van der Waals surface area contributed by atoms with Crippen molar-refractivity contribution in [3.8, 4) is 11.1 Å². The molecule has 0 heterocycles. The fraction of sp³-hybridized carbons (Fsp3) is 0.381. The third kappa shape index (κ3) is 5.24. The molecule has 0 fully saturated rings. The van der Waals surface area contributed by atoms with E-state index in [-0.39, 0.29) is 13.3 Å². The number of benzene rings is 2. The molecule has 0 saturated carbocycles. The van der Waals surface area contributed by atoms with Crippen LogP contribution in [0.3, 0.4) is 0 Å². The SMILES string of the molecule is CC(C)Cc1ccc(-c2ccc(CNC(=O)C(C)C)cc2)cc1.[HH]. The van der Waals surface area contributed by atoms with Crippen LogP contribution in [0.15, 0.2) is 48.5 Å². The average molecular weight is 311 g/mol. The second kappa shape index (κ2) is 7.96. The van der Waals surface area contributed by atoms with E-state index in [1.54, 1.807) is 0 Å². The Labute approximate surface area is 141 Å². The van der Waals surface area contributed by atoms with Crippen molar-refractivity contribution in [2.24, 2.45) is 11.8 Å². The second-order valence-electron chi connectivity index (χ2n) is 6.86. The van der Waals surface area contributed by atoms with Gasteiger partial charge in [-0.05, 0) is 34.6 Å². The molecule has 0 aliphatic carbocycles. The lowest BCUT2D eigenvalue weighted by molar-refractivity contribution is -0.124. The van der Waals surface area contributed by atoms with E-state index in [1.807, 2.05) is 13.8 Å². The van der Waals surface area contributed by atoms with E-state index >= 15 is 0 Å². The van der Waals surface area contributed by atoms with Crippen LogP contribution in [0.1, 0.15) is 40.2 Å². The summed E-state index contributed by atoms with van der Waals surface area (Å²) in [5.74, 6) is 0.801. The lowest BCUT2D eigenvalue weighted by atomic mass is 9.98. The first-order chi connectivity index (χ1) is 11.0. The summed E-state index contributed by atoms with van der Waals surface area (Å²) in [6.07, 6.45) is 1.12. The highest BCUT2D eigenvalue weighted by Crippen LogP contribution is 2.21. The molecule has 0 spiro atoms. The molecular weight excluding hydrogens is 282 g/mol. The van der Waals surface area contributed by atoms with Gasteiger partial charge in [-0.2, -0.15) is 0 Å². The van der Waals surface area contributed by atoms with Crippen LogP contribution in [0.2, 0.25) is 0 Å². The van der Waals surface area contributed by atoms with Crippen LogP contribution in [0.25, 0.3) is 11.1 Å². The summed E-state index contributed by atoms with van der Waals surface area (Å²) in [4.78, 5) is 11.6. The number of hydrogen-bond acceptors (Lipinski definition) is 1. The van der Waals surface area contributed by atoms with E-state index in [0.717, 1.165) is 12.0 Å². The van der Waals surface area contributed by atoms with Crippen molar-refractivity contribution in [1.29, 1.82) is 0 Å². The topological polar surface area (TPSA) is 29.1 Å². The van der Waals surface area contributed by atoms with E-state index in [1.165, 1.54) is 16.7 Å². The molecule has 2 rings (SSSR count). The summed E-state index contributed by atoms with van der Waals surface area (Å²) in [6, 6.07) is 17.2. The van der Waals surface area contributed by atoms with Gasteiger partial charge in [0.15, 0.2) is 0 Å². The predicted molar refractivity (Wildman–Crippen MR) is 99.2 cm³/mol. The molecule has 1 amide bonds. The van der Waals surface area contributed by atoms with E-state index in [9.17, 15) is 4.79 Å². The Morgan fingerprint density at radius 1 is 0.870 bits per heavy atom. The van der Waals surface area contributed by atoms with Crippen molar-refractivity contribution < 1.29 is 6.22 Å². The molecule has 0 radical (unpaired) electrons. The zero-order valence-electron chi connectivity index (χ0n) is 14.6. The van der Waals surface area contributed by atoms with Crippen LogP contribution in [0, 0.1) is 11.8 Å². The van der Waals surface area contributed by atoms with Gasteiger partial charge in [0, 0.05) is 13.9 Å². The van der Waals surface area contributed by atoms with Crippen molar-refractivity contribution in [1.82, 2.24) is 5.32 Å². The van der Waals surface area contributed by atoms with Gasteiger partial charge in [0.25, 0.3) is 0 Å². The molecule has 0 aromatic heterocycles. The standard InChI is InChI=1S/C21H27NO.H2/c1-15(2)13-17-5-9-19(10-6-17)20-11-7-18(8-12-20)14-22-21(23)16(3)4;/h5-12,15-16H,13-14H2,1-4H3,(H,22,23);1H. The Hall–Kier alpha value is -2.09. The molecule has 0 aliphatic heterocycles. The minimum Gasteiger partial charge on any atom is -0.352 e. The molecule has 23 heavy (non-hydrogen) atoms. The Kier molecular flexibility index (Phi) is 5.97. The normalized spacial score (nSPS) is 11.0. The third-order valence-corrected chi connectivity index (χ3v) is 3.88. The van der Waals surface area contributed by atoms with Crippen LogP contribution < -0.4 is 5.32 Å². The quantitative estimate of drug-likeness (QED) is 0.793. The van der Waals surface area contributed by atoms with Gasteiger partial charge in [-0.1, -0.05) is 76.2 Å². The lowest BCUT2D eigenvalue weighted by Crippen LogP contribution is -2.27. The maximum Gasteiger partial charge on any atom is 0.222 e. The Bertz CT molecular complexity index is 630. The molecule has 1 N–H and O–H groups in total. The van der Waals surface area contributed by atoms with Gasteiger partial charge in [0.2, 0.25) is 5.91 Å². The van der Waals surface area contributed by atoms with Crippen LogP contribution in [0.5, 0.6) is 0 Å². The third-order valence-electron chi connectivity index (χ3n) is 3.88. The zero-order chi connectivity index (χ0) is 16.8. The molecular formula is C21H29NO. The minimum absolute atomic E-state index is 0. The van der Waals surface area contributed by atoms with Gasteiger partial charge < -0.3 is 5.32 Å². The van der Waals surface area contributed by atoms with Crippen molar-refractivity contribution in [3.63, 3.8) is 0 Å². The summed E-state index contributed by atoms with van der Waals surface area (Å²) in [5, 5.41) is 2.94. The number of rotatable bonds is 6. The molecule has 0 bridgehead atoms. The maximum absolute atomic E-state index is 11.6. The van der Waals surface area contributed by atoms with Gasteiger partial charge in [0.1, 0.15) is 0 Å². The largest absolute Gasteiger partial charge is 0.352 e. The van der Waals surface area contributed by atoms with Crippen molar-refractivity contribution >= 4 is 5.91 Å². The summed E-state index contributed by atoms with van der Waals surface area (Å²) in [6.45, 7) is 8.88. The van der Waals surface area contributed by atoms with Gasteiger partial charge in [0.05, 0.1) is 0 Å². The summed E-state index contributed by atoms with van der Waals surface area (Å²) in [5.41, 5.74) is 4.95. The molecule has 0 saturated heterocycles. The van der Waals surface area contributed by atoms with Crippen LogP contribution in [-0.2, 0) is 17.8 Å². The summed E-state index contributed by atoms with van der Waals surface area (Å²) in [7, 11) is 0. The van der Waals surface area contributed by atoms with Crippen LogP contribution >= 0.6 is 0 Å². The lowest BCUT2D eigenvalue weighted by Gasteiger charge is -2.09. The fourth-order valence-electron chi connectivity index (χ4n) is 2.51. The van der Waals surface area contributed by atoms with E-state index in [4.69, 9.17) is 0 Å². The molecule has 2 aromatic rings. The van der Waals surface area contributed by atoms with E-state index in [2.05, 4.69) is 67.7 Å². The van der Waals surface area contributed by atoms with Gasteiger partial charge in [-0.25, -0.2) is 0 Å². The molecule has 0 aliphatic rings. The molecule has 2 heteroatoms. The molecule has 2 nitrogen and oxygen atoms in total. The van der Waals surface area contributed by atoms with Crippen LogP contribution in [-0.4, -0.2) is 5.91 Å². The fourth-order valence-corrected chi connectivity index (χ4v) is 2.51. The highest BCUT2D eigenvalue weighted by atomic mass is 16.1. The Balaban J connectivity index is 0.00000288. The zero-order valence-corrected chi connectivity index (χ0v) is 14.6. The smallest absolute Gasteiger partial charge is 0.222 e. The van der Waals surface area contributed by atoms with Crippen molar-refractivity contribution in [2.75, 3.05) is 0 Å². The van der Waals surface area contributed by atoms with Gasteiger partial charge in [-0.15, -0.1) is 0 Å².